The summed E-state index contributed by atoms with van der Waals surface area (Å²) in [7, 11) is 1.68. The van der Waals surface area contributed by atoms with Crippen molar-refractivity contribution in [2.45, 2.75) is 31.6 Å². The molecule has 1 aliphatic carbocycles. The second-order valence-corrected chi connectivity index (χ2v) is 4.99. The van der Waals surface area contributed by atoms with Crippen molar-refractivity contribution in [2.24, 2.45) is 0 Å². The van der Waals surface area contributed by atoms with E-state index in [-0.39, 0.29) is 0 Å². The highest BCUT2D eigenvalue weighted by molar-refractivity contribution is 5.35. The van der Waals surface area contributed by atoms with E-state index in [2.05, 4.69) is 34.4 Å². The van der Waals surface area contributed by atoms with E-state index in [0.717, 1.165) is 24.6 Å². The van der Waals surface area contributed by atoms with Gasteiger partial charge in [0.05, 0.1) is 6.61 Å². The van der Waals surface area contributed by atoms with Gasteiger partial charge in [0, 0.05) is 20.0 Å². The predicted molar refractivity (Wildman–Crippen MR) is 71.1 cm³/mol. The van der Waals surface area contributed by atoms with Crippen molar-refractivity contribution in [1.82, 2.24) is 10.1 Å². The number of nitrogens with zero attached hydrogens (tertiary/aromatic N) is 2. The standard InChI is InChI=1S/C15H18N2O2/c1-18-9-8-14-16-15(19-17-14)10-12-7-6-11-4-2-3-5-13(11)12/h2-5,12H,6-10H2,1H3/t12-/m1/s1. The maximum atomic E-state index is 5.32. The smallest absolute Gasteiger partial charge is 0.227 e. The fourth-order valence-electron chi connectivity index (χ4n) is 2.74. The molecule has 0 bridgehead atoms. The van der Waals surface area contributed by atoms with Crippen LogP contribution in [-0.4, -0.2) is 23.9 Å². The maximum Gasteiger partial charge on any atom is 0.227 e. The van der Waals surface area contributed by atoms with Gasteiger partial charge in [-0.1, -0.05) is 29.4 Å². The van der Waals surface area contributed by atoms with Gasteiger partial charge in [0.25, 0.3) is 0 Å². The maximum absolute atomic E-state index is 5.32. The third-order valence-electron chi connectivity index (χ3n) is 3.72. The molecule has 0 saturated carbocycles. The summed E-state index contributed by atoms with van der Waals surface area (Å²) >= 11 is 0. The summed E-state index contributed by atoms with van der Waals surface area (Å²) in [4.78, 5) is 4.43. The summed E-state index contributed by atoms with van der Waals surface area (Å²) in [5.41, 5.74) is 2.91. The molecule has 1 aromatic carbocycles. The van der Waals surface area contributed by atoms with Crippen LogP contribution in [0.5, 0.6) is 0 Å². The van der Waals surface area contributed by atoms with Gasteiger partial charge < -0.3 is 9.26 Å². The molecule has 0 radical (unpaired) electrons. The molecule has 4 nitrogen and oxygen atoms in total. The van der Waals surface area contributed by atoms with Gasteiger partial charge in [0.2, 0.25) is 5.89 Å². The third kappa shape index (κ3) is 2.68. The molecular formula is C15H18N2O2. The number of hydrogen-bond donors (Lipinski definition) is 0. The highest BCUT2D eigenvalue weighted by Crippen LogP contribution is 2.34. The number of benzene rings is 1. The van der Waals surface area contributed by atoms with Crippen LogP contribution < -0.4 is 0 Å². The van der Waals surface area contributed by atoms with Crippen molar-refractivity contribution in [3.8, 4) is 0 Å². The van der Waals surface area contributed by atoms with Crippen molar-refractivity contribution in [3.05, 3.63) is 47.1 Å². The molecular weight excluding hydrogens is 240 g/mol. The molecule has 1 aromatic heterocycles. The van der Waals surface area contributed by atoms with Crippen LogP contribution in [-0.2, 0) is 24.0 Å². The van der Waals surface area contributed by atoms with Gasteiger partial charge in [0.15, 0.2) is 5.82 Å². The number of methoxy groups -OCH3 is 1. The summed E-state index contributed by atoms with van der Waals surface area (Å²) in [5.74, 6) is 2.00. The van der Waals surface area contributed by atoms with Crippen LogP contribution in [0.3, 0.4) is 0 Å². The Labute approximate surface area is 112 Å². The Balaban J connectivity index is 1.68. The molecule has 0 unspecified atom stereocenters. The monoisotopic (exact) mass is 258 g/mol. The summed E-state index contributed by atoms with van der Waals surface area (Å²) in [5, 5.41) is 3.99. The second-order valence-electron chi connectivity index (χ2n) is 4.99. The number of aromatic nitrogens is 2. The zero-order chi connectivity index (χ0) is 13.1. The fourth-order valence-corrected chi connectivity index (χ4v) is 2.74. The van der Waals surface area contributed by atoms with Crippen molar-refractivity contribution < 1.29 is 9.26 Å². The minimum absolute atomic E-state index is 0.520. The first-order chi connectivity index (χ1) is 9.36. The molecule has 1 heterocycles. The van der Waals surface area contributed by atoms with Crippen LogP contribution in [0.15, 0.2) is 28.8 Å². The molecule has 0 N–H and O–H groups in total. The third-order valence-corrected chi connectivity index (χ3v) is 3.72. The topological polar surface area (TPSA) is 48.2 Å². The quantitative estimate of drug-likeness (QED) is 0.827. The van der Waals surface area contributed by atoms with Crippen molar-refractivity contribution in [3.63, 3.8) is 0 Å². The van der Waals surface area contributed by atoms with Crippen molar-refractivity contribution in [1.29, 1.82) is 0 Å². The van der Waals surface area contributed by atoms with E-state index in [4.69, 9.17) is 9.26 Å². The first kappa shape index (κ1) is 12.4. The molecule has 0 amide bonds. The minimum Gasteiger partial charge on any atom is -0.384 e. The number of rotatable bonds is 5. The van der Waals surface area contributed by atoms with Crippen LogP contribution in [0.1, 0.15) is 35.2 Å². The van der Waals surface area contributed by atoms with Gasteiger partial charge in [-0.05, 0) is 29.9 Å². The summed E-state index contributed by atoms with van der Waals surface area (Å²) < 4.78 is 10.3. The Morgan fingerprint density at radius 1 is 1.37 bits per heavy atom. The molecule has 19 heavy (non-hydrogen) atoms. The Morgan fingerprint density at radius 3 is 3.16 bits per heavy atom. The van der Waals surface area contributed by atoms with E-state index < -0.39 is 0 Å². The molecule has 0 aliphatic heterocycles. The van der Waals surface area contributed by atoms with E-state index in [1.54, 1.807) is 7.11 Å². The van der Waals surface area contributed by atoms with E-state index in [1.165, 1.54) is 17.5 Å². The van der Waals surface area contributed by atoms with Crippen LogP contribution >= 0.6 is 0 Å². The lowest BCUT2D eigenvalue weighted by molar-refractivity contribution is 0.199. The number of ether oxygens (including phenoxy) is 1. The average Bonchev–Trinajstić information content (AvgIpc) is 3.05. The number of aryl methyl sites for hydroxylation is 1. The van der Waals surface area contributed by atoms with E-state index in [1.807, 2.05) is 0 Å². The fraction of sp³-hybridized carbons (Fsp3) is 0.467. The molecule has 2 aromatic rings. The van der Waals surface area contributed by atoms with Gasteiger partial charge >= 0.3 is 0 Å². The first-order valence-electron chi connectivity index (χ1n) is 6.75. The van der Waals surface area contributed by atoms with Crippen molar-refractivity contribution >= 4 is 0 Å². The lowest BCUT2D eigenvalue weighted by atomic mass is 9.98. The molecule has 0 spiro atoms. The zero-order valence-corrected chi connectivity index (χ0v) is 11.1. The normalized spacial score (nSPS) is 17.6. The highest BCUT2D eigenvalue weighted by Gasteiger charge is 2.24. The SMILES string of the molecule is COCCc1noc(C[C@H]2CCc3ccccc32)n1. The van der Waals surface area contributed by atoms with Crippen molar-refractivity contribution in [2.75, 3.05) is 13.7 Å². The van der Waals surface area contributed by atoms with Gasteiger partial charge in [-0.3, -0.25) is 0 Å². The molecule has 100 valence electrons. The number of hydrogen-bond acceptors (Lipinski definition) is 4. The molecule has 0 fully saturated rings. The Kier molecular flexibility index (Phi) is 3.60. The Bertz CT molecular complexity index is 551. The lowest BCUT2D eigenvalue weighted by Gasteiger charge is -2.07. The van der Waals surface area contributed by atoms with E-state index in [9.17, 15) is 0 Å². The minimum atomic E-state index is 0.520. The summed E-state index contributed by atoms with van der Waals surface area (Å²) in [6.07, 6.45) is 3.89. The average molecular weight is 258 g/mol. The van der Waals surface area contributed by atoms with E-state index in [0.29, 0.717) is 18.9 Å². The van der Waals surface area contributed by atoms with Gasteiger partial charge in [-0.25, -0.2) is 0 Å². The van der Waals surface area contributed by atoms with Crippen LogP contribution in [0, 0.1) is 0 Å². The first-order valence-corrected chi connectivity index (χ1v) is 6.75. The summed E-state index contributed by atoms with van der Waals surface area (Å²) in [6, 6.07) is 8.65. The van der Waals surface area contributed by atoms with E-state index >= 15 is 0 Å². The molecule has 0 saturated heterocycles. The van der Waals surface area contributed by atoms with Crippen LogP contribution in [0.25, 0.3) is 0 Å². The highest BCUT2D eigenvalue weighted by atomic mass is 16.5. The predicted octanol–water partition coefficient (Wildman–Crippen LogP) is 2.53. The van der Waals surface area contributed by atoms with Crippen LogP contribution in [0.4, 0.5) is 0 Å². The molecule has 3 rings (SSSR count). The zero-order valence-electron chi connectivity index (χ0n) is 11.1. The number of fused-ring (bicyclic) bond motifs is 1. The molecule has 4 heteroatoms. The van der Waals surface area contributed by atoms with Gasteiger partial charge in [0.1, 0.15) is 0 Å². The largest absolute Gasteiger partial charge is 0.384 e. The van der Waals surface area contributed by atoms with Crippen LogP contribution in [0.2, 0.25) is 0 Å². The second kappa shape index (κ2) is 5.53. The summed E-state index contributed by atoms with van der Waals surface area (Å²) in [6.45, 7) is 0.630. The Hall–Kier alpha value is -1.68. The van der Waals surface area contributed by atoms with Gasteiger partial charge in [-0.15, -0.1) is 0 Å². The lowest BCUT2D eigenvalue weighted by Crippen LogP contribution is -2.00. The Morgan fingerprint density at radius 2 is 2.26 bits per heavy atom. The molecule has 1 atom stereocenters. The molecule has 1 aliphatic rings. The van der Waals surface area contributed by atoms with Gasteiger partial charge in [-0.2, -0.15) is 4.98 Å².